The SMILES string of the molecule is CCCCCCCCC(CCCCCCCC)OC(=O)CCCCCCCN(CCO)CCCCCCCC(=O)OC(C)CCCCCC(=O)OI. The van der Waals surface area contributed by atoms with Crippen LogP contribution in [0.4, 0.5) is 0 Å². The maximum absolute atomic E-state index is 12.7. The summed E-state index contributed by atoms with van der Waals surface area (Å²) in [6, 6.07) is 0. The summed E-state index contributed by atoms with van der Waals surface area (Å²) >= 11 is 1.62. The van der Waals surface area contributed by atoms with Gasteiger partial charge in [0.1, 0.15) is 6.10 Å². The Balaban J connectivity index is 4.00. The van der Waals surface area contributed by atoms with Crippen LogP contribution in [0, 0.1) is 0 Å². The fourth-order valence-corrected chi connectivity index (χ4v) is 7.04. The summed E-state index contributed by atoms with van der Waals surface area (Å²) in [5, 5.41) is 9.55. The van der Waals surface area contributed by atoms with E-state index in [2.05, 4.69) is 21.8 Å². The third-order valence-electron chi connectivity index (χ3n) is 10.1. The van der Waals surface area contributed by atoms with E-state index in [-0.39, 0.29) is 36.7 Å². The van der Waals surface area contributed by atoms with Gasteiger partial charge in [-0.2, -0.15) is 0 Å². The van der Waals surface area contributed by atoms with E-state index in [1.54, 1.807) is 23.0 Å². The molecule has 308 valence electrons. The van der Waals surface area contributed by atoms with Gasteiger partial charge >= 0.3 is 17.9 Å². The summed E-state index contributed by atoms with van der Waals surface area (Å²) in [5.41, 5.74) is 0. The lowest BCUT2D eigenvalue weighted by Gasteiger charge is -2.21. The number of hydrogen-bond acceptors (Lipinski definition) is 8. The normalized spacial score (nSPS) is 12.1. The molecule has 0 fully saturated rings. The predicted octanol–water partition coefficient (Wildman–Crippen LogP) is 12.2. The van der Waals surface area contributed by atoms with E-state index < -0.39 is 0 Å². The van der Waals surface area contributed by atoms with E-state index in [9.17, 15) is 19.5 Å². The highest BCUT2D eigenvalue weighted by Gasteiger charge is 2.15. The molecule has 0 heterocycles. The number of unbranched alkanes of at least 4 members (excludes halogenated alkanes) is 20. The third kappa shape index (κ3) is 36.1. The molecule has 0 saturated heterocycles. The van der Waals surface area contributed by atoms with Gasteiger partial charge in [-0.3, -0.25) is 14.4 Å². The number of ether oxygens (including phenoxy) is 2. The lowest BCUT2D eigenvalue weighted by molar-refractivity contribution is -0.150. The Hall–Kier alpha value is -0.940. The summed E-state index contributed by atoms with van der Waals surface area (Å²) in [4.78, 5) is 38.4. The summed E-state index contributed by atoms with van der Waals surface area (Å²) in [7, 11) is 0. The molecule has 0 amide bonds. The molecule has 1 atom stereocenters. The highest BCUT2D eigenvalue weighted by molar-refractivity contribution is 14.1. The Kier molecular flexibility index (Phi) is 39.0. The zero-order valence-electron chi connectivity index (χ0n) is 34.1. The minimum Gasteiger partial charge on any atom is -0.463 e. The Morgan fingerprint density at radius 3 is 1.37 bits per heavy atom. The topological polar surface area (TPSA) is 102 Å². The average molecular weight is 852 g/mol. The molecule has 0 aliphatic heterocycles. The van der Waals surface area contributed by atoms with Crippen LogP contribution < -0.4 is 0 Å². The van der Waals surface area contributed by atoms with Crippen molar-refractivity contribution >= 4 is 40.9 Å². The molecule has 8 nitrogen and oxygen atoms in total. The number of esters is 2. The van der Waals surface area contributed by atoms with Crippen LogP contribution in [0.5, 0.6) is 0 Å². The van der Waals surface area contributed by atoms with Gasteiger partial charge in [0.2, 0.25) is 0 Å². The number of carbonyl (C=O) groups excluding carboxylic acids is 3. The van der Waals surface area contributed by atoms with Gasteiger partial charge in [-0.25, -0.2) is 0 Å². The van der Waals surface area contributed by atoms with Crippen molar-refractivity contribution in [1.82, 2.24) is 4.90 Å². The van der Waals surface area contributed by atoms with E-state index in [0.29, 0.717) is 19.3 Å². The first-order valence-electron chi connectivity index (χ1n) is 21.9. The molecule has 0 rings (SSSR count). The van der Waals surface area contributed by atoms with Gasteiger partial charge in [0.05, 0.1) is 12.7 Å². The highest BCUT2D eigenvalue weighted by atomic mass is 127. The Morgan fingerprint density at radius 1 is 0.500 bits per heavy atom. The molecule has 9 heteroatoms. The van der Waals surface area contributed by atoms with Gasteiger partial charge in [0.25, 0.3) is 0 Å². The lowest BCUT2D eigenvalue weighted by atomic mass is 10.0. The van der Waals surface area contributed by atoms with Crippen molar-refractivity contribution in [1.29, 1.82) is 0 Å². The first kappa shape index (κ1) is 51.1. The fraction of sp³-hybridized carbons (Fsp3) is 0.930. The largest absolute Gasteiger partial charge is 0.463 e. The quantitative estimate of drug-likeness (QED) is 0.0369. The minimum atomic E-state index is -0.183. The van der Waals surface area contributed by atoms with Crippen LogP contribution in [0.15, 0.2) is 0 Å². The van der Waals surface area contributed by atoms with Crippen molar-refractivity contribution < 1.29 is 32.0 Å². The molecular weight excluding hydrogens is 769 g/mol. The summed E-state index contributed by atoms with van der Waals surface area (Å²) in [6.45, 7) is 9.38. The van der Waals surface area contributed by atoms with E-state index in [1.165, 1.54) is 77.0 Å². The van der Waals surface area contributed by atoms with Crippen molar-refractivity contribution in [2.45, 2.75) is 232 Å². The second-order valence-corrected chi connectivity index (χ2v) is 15.6. The summed E-state index contributed by atoms with van der Waals surface area (Å²) in [6.07, 6.45) is 33.0. The number of nitrogens with zero attached hydrogens (tertiary/aromatic N) is 1. The number of hydrogen-bond donors (Lipinski definition) is 1. The van der Waals surface area contributed by atoms with Crippen LogP contribution in [0.1, 0.15) is 220 Å². The lowest BCUT2D eigenvalue weighted by Crippen LogP contribution is -2.29. The smallest absolute Gasteiger partial charge is 0.315 e. The molecule has 0 aromatic carbocycles. The Morgan fingerprint density at radius 2 is 0.885 bits per heavy atom. The molecule has 0 spiro atoms. The number of halogens is 1. The van der Waals surface area contributed by atoms with Crippen molar-refractivity contribution in [3.05, 3.63) is 0 Å². The molecule has 1 N–H and O–H groups in total. The number of aliphatic hydroxyl groups excluding tert-OH is 1. The zero-order valence-corrected chi connectivity index (χ0v) is 36.3. The van der Waals surface area contributed by atoms with Crippen molar-refractivity contribution in [3.63, 3.8) is 0 Å². The second-order valence-electron chi connectivity index (χ2n) is 15.2. The van der Waals surface area contributed by atoms with Crippen molar-refractivity contribution in [2.24, 2.45) is 0 Å². The van der Waals surface area contributed by atoms with Gasteiger partial charge in [0, 0.05) is 25.8 Å². The van der Waals surface area contributed by atoms with Gasteiger partial charge in [-0.05, 0) is 90.6 Å². The number of aliphatic hydroxyl groups is 1. The third-order valence-corrected chi connectivity index (χ3v) is 10.6. The first-order chi connectivity index (χ1) is 25.4. The van der Waals surface area contributed by atoms with E-state index in [4.69, 9.17) is 9.47 Å². The molecule has 0 aliphatic rings. The Labute approximate surface area is 334 Å². The molecule has 0 saturated carbocycles. The van der Waals surface area contributed by atoms with Gasteiger partial charge in [-0.1, -0.05) is 123 Å². The molecule has 0 aliphatic carbocycles. The molecular formula is C43H82INO7. The number of rotatable bonds is 40. The van der Waals surface area contributed by atoms with Crippen LogP contribution in [0.3, 0.4) is 0 Å². The maximum atomic E-state index is 12.7. The van der Waals surface area contributed by atoms with Gasteiger partial charge < -0.3 is 22.5 Å². The average Bonchev–Trinajstić information content (AvgIpc) is 3.12. The molecule has 0 radical (unpaired) electrons. The molecule has 0 aromatic heterocycles. The van der Waals surface area contributed by atoms with Crippen LogP contribution in [-0.2, 0) is 26.9 Å². The highest BCUT2D eigenvalue weighted by Crippen LogP contribution is 2.19. The first-order valence-corrected chi connectivity index (χ1v) is 22.8. The minimum absolute atomic E-state index is 0.00207. The van der Waals surface area contributed by atoms with Crippen molar-refractivity contribution in [2.75, 3.05) is 26.2 Å². The maximum Gasteiger partial charge on any atom is 0.315 e. The van der Waals surface area contributed by atoms with E-state index >= 15 is 0 Å². The van der Waals surface area contributed by atoms with Gasteiger partial charge in [-0.15, -0.1) is 0 Å². The van der Waals surface area contributed by atoms with Crippen LogP contribution >= 0.6 is 23.0 Å². The summed E-state index contributed by atoms with van der Waals surface area (Å²) < 4.78 is 16.2. The summed E-state index contributed by atoms with van der Waals surface area (Å²) in [5.74, 6) is -0.291. The van der Waals surface area contributed by atoms with Gasteiger partial charge in [0.15, 0.2) is 23.0 Å². The van der Waals surface area contributed by atoms with Crippen LogP contribution in [0.25, 0.3) is 0 Å². The monoisotopic (exact) mass is 852 g/mol. The standard InChI is InChI=1S/C43H82INO7/c1-4-6-8-10-14-22-30-40(31-23-15-11-9-7-5-2)51-42(48)33-25-17-13-19-28-36-45(37-38-46)35-27-18-12-16-24-32-41(47)50-39(3)29-21-20-26-34-43(49)52-44/h39-40,46H,4-38H2,1-3H3. The molecule has 0 bridgehead atoms. The van der Waals surface area contributed by atoms with E-state index in [0.717, 1.165) is 122 Å². The van der Waals surface area contributed by atoms with Crippen LogP contribution in [0.2, 0.25) is 0 Å². The predicted molar refractivity (Wildman–Crippen MR) is 224 cm³/mol. The fourth-order valence-electron chi connectivity index (χ4n) is 6.82. The second kappa shape index (κ2) is 39.7. The molecule has 1 unspecified atom stereocenters. The Bertz CT molecular complexity index is 798. The zero-order chi connectivity index (χ0) is 38.3. The van der Waals surface area contributed by atoms with Crippen LogP contribution in [-0.4, -0.2) is 66.4 Å². The number of carbonyl (C=O) groups is 3. The molecule has 52 heavy (non-hydrogen) atoms. The van der Waals surface area contributed by atoms with Crippen molar-refractivity contribution in [3.8, 4) is 0 Å². The van der Waals surface area contributed by atoms with E-state index in [1.807, 2.05) is 6.92 Å². The molecule has 0 aromatic rings.